The van der Waals surface area contributed by atoms with Gasteiger partial charge >= 0.3 is 11.9 Å². The quantitative estimate of drug-likeness (QED) is 0.340. The molecular weight excluding hydrogens is 546 g/mol. The highest BCUT2D eigenvalue weighted by Crippen LogP contribution is 2.47. The van der Waals surface area contributed by atoms with Crippen molar-refractivity contribution >= 4 is 47.1 Å². The number of nitrogens with one attached hydrogen (secondary N) is 1. The number of aliphatic carboxylic acids is 2. The van der Waals surface area contributed by atoms with E-state index in [4.69, 9.17) is 16.1 Å². The summed E-state index contributed by atoms with van der Waals surface area (Å²) in [6.45, 7) is 8.67. The van der Waals surface area contributed by atoms with Crippen LogP contribution in [0.25, 0.3) is 11.3 Å². The van der Waals surface area contributed by atoms with Gasteiger partial charge in [-0.3, -0.25) is 9.59 Å². The van der Waals surface area contributed by atoms with E-state index in [9.17, 15) is 29.4 Å². The third-order valence-corrected chi connectivity index (χ3v) is 8.83. The van der Waals surface area contributed by atoms with Gasteiger partial charge in [-0.15, -0.1) is 11.8 Å². The highest BCUT2D eigenvalue weighted by molar-refractivity contribution is 8.01. The molecule has 3 unspecified atom stereocenters. The summed E-state index contributed by atoms with van der Waals surface area (Å²) in [7, 11) is 0. The average molecular weight is 580 g/mol. The van der Waals surface area contributed by atoms with Crippen LogP contribution in [0.5, 0.6) is 0 Å². The monoisotopic (exact) mass is 579 g/mol. The summed E-state index contributed by atoms with van der Waals surface area (Å²) < 4.78 is 4.23. The Kier molecular flexibility index (Phi) is 9.71. The second-order valence-corrected chi connectivity index (χ2v) is 12.3. The molecule has 1 aliphatic rings. The number of nitrogens with zero attached hydrogens (tertiary/aromatic N) is 2. The molecular formula is C27H34ClN3O7S. The molecule has 0 bridgehead atoms. The molecule has 3 rings (SSSR count). The molecule has 1 aromatic heterocycles. The lowest BCUT2D eigenvalue weighted by Gasteiger charge is -2.34. The number of carbonyl (C=O) groups excluding carboxylic acids is 2. The molecule has 4 atom stereocenters. The standard InChI is InChI=1S/C27H34ClN3O7S/c1-6-8-11-15(7-2)23(33)31-21(26(36)37)27(4,5)39-24(31)20(25(34)35)29-22(32)18-14(3)38-30-19(18)16-12-9-10-13-17(16)28/h9-10,12-13,15,20-21,24H,6-8,11H2,1-5H3,(H,29,32)(H,34,35)(H,36,37)/t15?,20?,21-,24?/m0/s1. The fourth-order valence-electron chi connectivity index (χ4n) is 4.92. The molecule has 1 aliphatic heterocycles. The Morgan fingerprint density at radius 3 is 2.44 bits per heavy atom. The number of unbranched alkanes of at least 4 members (excludes halogenated alkanes) is 1. The lowest BCUT2D eigenvalue weighted by molar-refractivity contribution is -0.155. The summed E-state index contributed by atoms with van der Waals surface area (Å²) in [5.74, 6) is -4.19. The van der Waals surface area contributed by atoms with Crippen LogP contribution in [0.1, 0.15) is 69.5 Å². The Morgan fingerprint density at radius 2 is 1.87 bits per heavy atom. The number of hydrogen-bond donors (Lipinski definition) is 3. The third-order valence-electron chi connectivity index (χ3n) is 6.93. The first kappa shape index (κ1) is 30.5. The van der Waals surface area contributed by atoms with E-state index in [1.54, 1.807) is 38.1 Å². The Labute approximate surface area is 236 Å². The van der Waals surface area contributed by atoms with Gasteiger partial charge in [-0.1, -0.05) is 61.6 Å². The van der Waals surface area contributed by atoms with Gasteiger partial charge in [0.05, 0.1) is 5.02 Å². The van der Waals surface area contributed by atoms with Crippen molar-refractivity contribution < 1.29 is 33.9 Å². The minimum absolute atomic E-state index is 0.00125. The van der Waals surface area contributed by atoms with Crippen LogP contribution in [0.3, 0.4) is 0 Å². The van der Waals surface area contributed by atoms with E-state index < -0.39 is 51.9 Å². The molecule has 39 heavy (non-hydrogen) atoms. The Balaban J connectivity index is 2.03. The predicted octanol–water partition coefficient (Wildman–Crippen LogP) is 4.84. The largest absolute Gasteiger partial charge is 0.480 e. The highest BCUT2D eigenvalue weighted by Gasteiger charge is 2.57. The molecule has 3 N–H and O–H groups in total. The molecule has 0 radical (unpaired) electrons. The summed E-state index contributed by atoms with van der Waals surface area (Å²) in [6, 6.07) is 3.80. The number of hydrogen-bond acceptors (Lipinski definition) is 7. The maximum atomic E-state index is 13.8. The molecule has 2 aromatic rings. The van der Waals surface area contributed by atoms with Crippen molar-refractivity contribution in [1.82, 2.24) is 15.4 Å². The number of aryl methyl sites for hydroxylation is 1. The number of rotatable bonds is 11. The number of carbonyl (C=O) groups is 4. The van der Waals surface area contributed by atoms with Gasteiger partial charge < -0.3 is 25.0 Å². The number of amides is 2. The number of thioether (sulfide) groups is 1. The van der Waals surface area contributed by atoms with E-state index in [2.05, 4.69) is 10.5 Å². The van der Waals surface area contributed by atoms with Crippen LogP contribution in [-0.4, -0.2) is 66.2 Å². The number of carboxylic acid groups (broad SMARTS) is 2. The van der Waals surface area contributed by atoms with E-state index in [0.717, 1.165) is 29.5 Å². The van der Waals surface area contributed by atoms with Gasteiger partial charge in [0.2, 0.25) is 5.91 Å². The normalized spacial score (nSPS) is 19.9. The van der Waals surface area contributed by atoms with Crippen molar-refractivity contribution in [1.29, 1.82) is 0 Å². The van der Waals surface area contributed by atoms with Crippen LogP contribution in [0.2, 0.25) is 5.02 Å². The molecule has 1 saturated heterocycles. The predicted molar refractivity (Wildman–Crippen MR) is 148 cm³/mol. The molecule has 212 valence electrons. The summed E-state index contributed by atoms with van der Waals surface area (Å²) in [5.41, 5.74) is 0.564. The Bertz CT molecular complexity index is 1250. The number of benzene rings is 1. The van der Waals surface area contributed by atoms with E-state index in [1.165, 1.54) is 6.92 Å². The smallest absolute Gasteiger partial charge is 0.329 e. The second-order valence-electron chi connectivity index (χ2n) is 10.1. The minimum atomic E-state index is -1.62. The van der Waals surface area contributed by atoms with Gasteiger partial charge in [0, 0.05) is 16.2 Å². The topological polar surface area (TPSA) is 150 Å². The van der Waals surface area contributed by atoms with Crippen LogP contribution in [0, 0.1) is 12.8 Å². The van der Waals surface area contributed by atoms with Crippen molar-refractivity contribution in [3.63, 3.8) is 0 Å². The maximum Gasteiger partial charge on any atom is 0.329 e. The van der Waals surface area contributed by atoms with Crippen LogP contribution in [-0.2, 0) is 14.4 Å². The summed E-state index contributed by atoms with van der Waals surface area (Å²) in [5, 5.41) is 26.0. The van der Waals surface area contributed by atoms with Crippen LogP contribution in [0.4, 0.5) is 0 Å². The van der Waals surface area contributed by atoms with Crippen molar-refractivity contribution in [2.75, 3.05) is 0 Å². The highest BCUT2D eigenvalue weighted by atomic mass is 35.5. The molecule has 0 aliphatic carbocycles. The summed E-state index contributed by atoms with van der Waals surface area (Å²) >= 11 is 7.35. The first-order valence-electron chi connectivity index (χ1n) is 12.8. The van der Waals surface area contributed by atoms with Gasteiger partial charge in [0.15, 0.2) is 6.04 Å². The lowest BCUT2D eigenvalue weighted by Crippen LogP contribution is -2.58. The Morgan fingerprint density at radius 1 is 1.21 bits per heavy atom. The van der Waals surface area contributed by atoms with Crippen LogP contribution in [0.15, 0.2) is 28.8 Å². The van der Waals surface area contributed by atoms with Crippen molar-refractivity contribution in [2.45, 2.75) is 82.5 Å². The van der Waals surface area contributed by atoms with E-state index in [0.29, 0.717) is 23.4 Å². The van der Waals surface area contributed by atoms with Gasteiger partial charge in [0.1, 0.15) is 28.4 Å². The summed E-state index contributed by atoms with van der Waals surface area (Å²) in [6.07, 6.45) is 2.66. The van der Waals surface area contributed by atoms with E-state index >= 15 is 0 Å². The number of aromatic nitrogens is 1. The van der Waals surface area contributed by atoms with Gasteiger partial charge in [0.25, 0.3) is 5.91 Å². The summed E-state index contributed by atoms with van der Waals surface area (Å²) in [4.78, 5) is 53.5. The maximum absolute atomic E-state index is 13.8. The molecule has 0 saturated carbocycles. The van der Waals surface area contributed by atoms with Crippen molar-refractivity contribution in [2.24, 2.45) is 5.92 Å². The fourth-order valence-corrected chi connectivity index (χ4v) is 6.77. The van der Waals surface area contributed by atoms with Gasteiger partial charge in [-0.05, 0) is 39.7 Å². The lowest BCUT2D eigenvalue weighted by atomic mass is 9.94. The molecule has 2 heterocycles. The molecule has 2 amide bonds. The van der Waals surface area contributed by atoms with Gasteiger partial charge in [-0.25, -0.2) is 9.59 Å². The zero-order chi connectivity index (χ0) is 29.1. The third kappa shape index (κ3) is 6.24. The number of halogens is 1. The SMILES string of the molecule is CCCCC(CC)C(=O)N1C(C(NC(=O)c2c(-c3ccccc3Cl)noc2C)C(=O)O)SC(C)(C)[C@@H]1C(=O)O. The van der Waals surface area contributed by atoms with E-state index in [-0.39, 0.29) is 17.0 Å². The fraction of sp³-hybridized carbons (Fsp3) is 0.519. The van der Waals surface area contributed by atoms with Crippen LogP contribution < -0.4 is 5.32 Å². The van der Waals surface area contributed by atoms with E-state index in [1.807, 2.05) is 13.8 Å². The molecule has 0 spiro atoms. The molecule has 10 nitrogen and oxygen atoms in total. The average Bonchev–Trinajstić information content (AvgIpc) is 3.38. The Hall–Kier alpha value is -3.05. The zero-order valence-corrected chi connectivity index (χ0v) is 24.1. The van der Waals surface area contributed by atoms with Crippen molar-refractivity contribution in [3.8, 4) is 11.3 Å². The first-order valence-corrected chi connectivity index (χ1v) is 14.1. The second kappa shape index (κ2) is 12.4. The zero-order valence-electron chi connectivity index (χ0n) is 22.6. The molecule has 1 fully saturated rings. The molecule has 12 heteroatoms. The minimum Gasteiger partial charge on any atom is -0.480 e. The number of carboxylic acids is 2. The first-order chi connectivity index (χ1) is 18.3. The van der Waals surface area contributed by atoms with Gasteiger partial charge in [-0.2, -0.15) is 0 Å². The van der Waals surface area contributed by atoms with Crippen LogP contribution >= 0.6 is 23.4 Å². The molecule has 1 aromatic carbocycles. The van der Waals surface area contributed by atoms with Crippen molar-refractivity contribution in [3.05, 3.63) is 40.6 Å².